The number of thioether (sulfide) groups is 1. The van der Waals surface area contributed by atoms with Crippen LogP contribution in [0.3, 0.4) is 0 Å². The van der Waals surface area contributed by atoms with Gasteiger partial charge < -0.3 is 9.67 Å². The van der Waals surface area contributed by atoms with Crippen LogP contribution < -0.4 is 0 Å². The van der Waals surface area contributed by atoms with Gasteiger partial charge in [0.1, 0.15) is 4.88 Å². The number of aryl methyl sites for hydroxylation is 1. The maximum atomic E-state index is 10.7. The van der Waals surface area contributed by atoms with E-state index in [2.05, 4.69) is 4.98 Å². The van der Waals surface area contributed by atoms with Gasteiger partial charge in [0.2, 0.25) is 0 Å². The summed E-state index contributed by atoms with van der Waals surface area (Å²) in [5.74, 6) is -0.110. The Kier molecular flexibility index (Phi) is 3.31. The largest absolute Gasteiger partial charge is 0.477 e. The molecule has 0 aliphatic heterocycles. The first-order valence-corrected chi connectivity index (χ1v) is 6.39. The summed E-state index contributed by atoms with van der Waals surface area (Å²) in [5, 5.41) is 9.72. The predicted octanol–water partition coefficient (Wildman–Crippen LogP) is 2.47. The zero-order valence-corrected chi connectivity index (χ0v) is 10.2. The van der Waals surface area contributed by atoms with Crippen molar-refractivity contribution in [2.45, 2.75) is 10.9 Å². The molecule has 0 radical (unpaired) electrons. The van der Waals surface area contributed by atoms with Gasteiger partial charge in [0, 0.05) is 30.1 Å². The molecule has 2 heterocycles. The van der Waals surface area contributed by atoms with Crippen molar-refractivity contribution < 1.29 is 9.90 Å². The number of nitrogens with zero attached hydrogens (tertiary/aromatic N) is 2. The van der Waals surface area contributed by atoms with E-state index in [1.165, 1.54) is 11.3 Å². The third-order valence-electron chi connectivity index (χ3n) is 1.99. The average Bonchev–Trinajstić information content (AvgIpc) is 2.83. The van der Waals surface area contributed by atoms with Gasteiger partial charge in [0.25, 0.3) is 0 Å². The Morgan fingerprint density at radius 3 is 3.00 bits per heavy atom. The number of carboxylic acid groups (broad SMARTS) is 1. The second-order valence-electron chi connectivity index (χ2n) is 3.18. The zero-order valence-electron chi connectivity index (χ0n) is 8.58. The van der Waals surface area contributed by atoms with E-state index in [-0.39, 0.29) is 0 Å². The van der Waals surface area contributed by atoms with E-state index in [1.807, 2.05) is 23.9 Å². The second-order valence-corrected chi connectivity index (χ2v) is 5.29. The van der Waals surface area contributed by atoms with Crippen LogP contribution >= 0.6 is 23.1 Å². The predicted molar refractivity (Wildman–Crippen MR) is 64.0 cm³/mol. The van der Waals surface area contributed by atoms with Crippen molar-refractivity contribution in [3.8, 4) is 0 Å². The first kappa shape index (κ1) is 11.2. The fraction of sp³-hybridized carbons (Fsp3) is 0.200. The van der Waals surface area contributed by atoms with E-state index < -0.39 is 5.97 Å². The number of thiophene rings is 1. The van der Waals surface area contributed by atoms with Crippen LogP contribution in [0.4, 0.5) is 0 Å². The lowest BCUT2D eigenvalue weighted by Crippen LogP contribution is -1.90. The van der Waals surface area contributed by atoms with E-state index in [1.54, 1.807) is 24.0 Å². The van der Waals surface area contributed by atoms with Gasteiger partial charge >= 0.3 is 5.97 Å². The monoisotopic (exact) mass is 254 g/mol. The van der Waals surface area contributed by atoms with Gasteiger partial charge in [-0.1, -0.05) is 11.8 Å². The van der Waals surface area contributed by atoms with Crippen LogP contribution in [0.25, 0.3) is 0 Å². The van der Waals surface area contributed by atoms with Crippen molar-refractivity contribution in [2.24, 2.45) is 7.05 Å². The number of aromatic nitrogens is 2. The van der Waals surface area contributed by atoms with Gasteiger partial charge in [-0.3, -0.25) is 0 Å². The lowest BCUT2D eigenvalue weighted by molar-refractivity contribution is 0.0702. The standard InChI is InChI=1S/C10H10N2O2S2/c1-12-5-4-11-10(12)15-6-7-2-3-8(16-7)9(13)14/h2-5H,6H2,1H3,(H,13,14). The summed E-state index contributed by atoms with van der Waals surface area (Å²) >= 11 is 2.91. The Balaban J connectivity index is 2.00. The highest BCUT2D eigenvalue weighted by molar-refractivity contribution is 7.98. The minimum atomic E-state index is -0.863. The maximum Gasteiger partial charge on any atom is 0.345 e. The number of hydrogen-bond donors (Lipinski definition) is 1. The average molecular weight is 254 g/mol. The van der Waals surface area contributed by atoms with Crippen LogP contribution in [0.1, 0.15) is 14.5 Å². The van der Waals surface area contributed by atoms with Crippen LogP contribution in [-0.2, 0) is 12.8 Å². The third-order valence-corrected chi connectivity index (χ3v) is 4.36. The molecule has 0 amide bonds. The Bertz CT molecular complexity index is 504. The molecule has 2 rings (SSSR count). The molecule has 0 atom stereocenters. The SMILES string of the molecule is Cn1ccnc1SCc1ccc(C(=O)O)s1. The summed E-state index contributed by atoms with van der Waals surface area (Å²) in [5.41, 5.74) is 0. The van der Waals surface area contributed by atoms with Gasteiger partial charge in [-0.15, -0.1) is 11.3 Å². The summed E-state index contributed by atoms with van der Waals surface area (Å²) in [7, 11) is 1.94. The third kappa shape index (κ3) is 2.45. The summed E-state index contributed by atoms with van der Waals surface area (Å²) in [6.07, 6.45) is 3.64. The van der Waals surface area contributed by atoms with E-state index in [0.717, 1.165) is 15.8 Å². The number of imidazole rings is 1. The lowest BCUT2D eigenvalue weighted by atomic mass is 10.4. The Hall–Kier alpha value is -1.27. The van der Waals surface area contributed by atoms with E-state index >= 15 is 0 Å². The summed E-state index contributed by atoms with van der Waals surface area (Å²) in [4.78, 5) is 16.3. The smallest absolute Gasteiger partial charge is 0.345 e. The van der Waals surface area contributed by atoms with Crippen molar-refractivity contribution in [3.63, 3.8) is 0 Å². The fourth-order valence-corrected chi connectivity index (χ4v) is 3.02. The Morgan fingerprint density at radius 2 is 2.44 bits per heavy atom. The molecular formula is C10H10N2O2S2. The molecule has 84 valence electrons. The van der Waals surface area contributed by atoms with E-state index in [0.29, 0.717) is 4.88 Å². The molecular weight excluding hydrogens is 244 g/mol. The summed E-state index contributed by atoms with van der Waals surface area (Å²) in [6, 6.07) is 3.49. The first-order valence-electron chi connectivity index (χ1n) is 4.59. The van der Waals surface area contributed by atoms with Crippen LogP contribution in [0, 0.1) is 0 Å². The molecule has 0 saturated heterocycles. The van der Waals surface area contributed by atoms with Crippen molar-refractivity contribution in [3.05, 3.63) is 34.3 Å². The highest BCUT2D eigenvalue weighted by Gasteiger charge is 2.08. The van der Waals surface area contributed by atoms with Crippen LogP contribution in [0.5, 0.6) is 0 Å². The molecule has 0 aromatic carbocycles. The molecule has 0 spiro atoms. The molecule has 6 heteroatoms. The number of carboxylic acids is 1. The topological polar surface area (TPSA) is 55.1 Å². The van der Waals surface area contributed by atoms with E-state index in [4.69, 9.17) is 5.11 Å². The van der Waals surface area contributed by atoms with Crippen LogP contribution in [-0.4, -0.2) is 20.6 Å². The number of rotatable bonds is 4. The highest BCUT2D eigenvalue weighted by atomic mass is 32.2. The second kappa shape index (κ2) is 4.71. The van der Waals surface area contributed by atoms with Gasteiger partial charge in [0.05, 0.1) is 0 Å². The molecule has 16 heavy (non-hydrogen) atoms. The fourth-order valence-electron chi connectivity index (χ4n) is 1.20. The normalized spacial score (nSPS) is 10.6. The molecule has 0 fully saturated rings. The number of carbonyl (C=O) groups is 1. The molecule has 0 unspecified atom stereocenters. The molecule has 0 saturated carbocycles. The Labute approximate surface area is 101 Å². The van der Waals surface area contributed by atoms with Gasteiger partial charge in [-0.25, -0.2) is 9.78 Å². The summed E-state index contributed by atoms with van der Waals surface area (Å²) < 4.78 is 1.94. The minimum Gasteiger partial charge on any atom is -0.477 e. The molecule has 2 aromatic heterocycles. The number of aromatic carboxylic acids is 1. The lowest BCUT2D eigenvalue weighted by Gasteiger charge is -1.98. The quantitative estimate of drug-likeness (QED) is 0.852. The van der Waals surface area contributed by atoms with Gasteiger partial charge in [-0.05, 0) is 12.1 Å². The minimum absolute atomic E-state index is 0.385. The van der Waals surface area contributed by atoms with Crippen molar-refractivity contribution in [1.82, 2.24) is 9.55 Å². The zero-order chi connectivity index (χ0) is 11.5. The maximum absolute atomic E-state index is 10.7. The van der Waals surface area contributed by atoms with Crippen LogP contribution in [0.15, 0.2) is 29.7 Å². The highest BCUT2D eigenvalue weighted by Crippen LogP contribution is 2.25. The molecule has 1 N–H and O–H groups in total. The van der Waals surface area contributed by atoms with Crippen molar-refractivity contribution in [2.75, 3.05) is 0 Å². The first-order chi connectivity index (χ1) is 7.66. The molecule has 2 aromatic rings. The molecule has 0 aliphatic rings. The Morgan fingerprint density at radius 1 is 1.62 bits per heavy atom. The van der Waals surface area contributed by atoms with Crippen LogP contribution in [0.2, 0.25) is 0 Å². The van der Waals surface area contributed by atoms with Gasteiger partial charge in [0.15, 0.2) is 5.16 Å². The molecule has 0 aliphatic carbocycles. The van der Waals surface area contributed by atoms with Crippen molar-refractivity contribution >= 4 is 29.1 Å². The summed E-state index contributed by atoms with van der Waals surface area (Å²) in [6.45, 7) is 0. The molecule has 4 nitrogen and oxygen atoms in total. The molecule has 0 bridgehead atoms. The van der Waals surface area contributed by atoms with Crippen molar-refractivity contribution in [1.29, 1.82) is 0 Å². The van der Waals surface area contributed by atoms with E-state index in [9.17, 15) is 4.79 Å². The van der Waals surface area contributed by atoms with Gasteiger partial charge in [-0.2, -0.15) is 0 Å². The number of hydrogen-bond acceptors (Lipinski definition) is 4.